The number of hydrogen-bond acceptors (Lipinski definition) is 7. The van der Waals surface area contributed by atoms with Crippen molar-refractivity contribution in [1.82, 2.24) is 10.3 Å². The van der Waals surface area contributed by atoms with Gasteiger partial charge in [-0.25, -0.2) is 0 Å². The van der Waals surface area contributed by atoms with E-state index in [1.54, 1.807) is 11.3 Å². The van der Waals surface area contributed by atoms with Crippen LogP contribution in [-0.2, 0) is 11.2 Å². The van der Waals surface area contributed by atoms with Crippen LogP contribution in [0.25, 0.3) is 22.4 Å². The first-order valence-corrected chi connectivity index (χ1v) is 13.7. The molecule has 0 saturated carbocycles. The van der Waals surface area contributed by atoms with E-state index in [1.807, 2.05) is 13.2 Å². The minimum atomic E-state index is -0.0329. The molecule has 0 amide bonds. The molecule has 6 rings (SSSR count). The molecule has 4 heterocycles. The van der Waals surface area contributed by atoms with Crippen molar-refractivity contribution in [3.8, 4) is 22.4 Å². The Bertz CT molecular complexity index is 1290. The molecule has 2 saturated heterocycles. The van der Waals surface area contributed by atoms with Gasteiger partial charge in [-0.1, -0.05) is 26.0 Å². The number of anilines is 2. The first kappa shape index (κ1) is 23.6. The van der Waals surface area contributed by atoms with Crippen LogP contribution in [0.2, 0.25) is 0 Å². The van der Waals surface area contributed by atoms with E-state index in [0.29, 0.717) is 12.5 Å². The maximum Gasteiger partial charge on any atom is 0.173 e. The fourth-order valence-corrected chi connectivity index (χ4v) is 7.00. The van der Waals surface area contributed by atoms with E-state index in [1.165, 1.54) is 21.8 Å². The number of ether oxygens (including phenoxy) is 1. The molecule has 1 aliphatic carbocycles. The lowest BCUT2D eigenvalue weighted by Gasteiger charge is -2.41. The van der Waals surface area contributed by atoms with Gasteiger partial charge < -0.3 is 19.9 Å². The zero-order valence-electron chi connectivity index (χ0n) is 21.3. The van der Waals surface area contributed by atoms with E-state index in [9.17, 15) is 4.79 Å². The fourth-order valence-electron chi connectivity index (χ4n) is 5.67. The number of aromatic nitrogens is 1. The molecule has 36 heavy (non-hydrogen) atoms. The van der Waals surface area contributed by atoms with Gasteiger partial charge in [-0.15, -0.1) is 11.3 Å². The number of carbonyl (C=O) groups excluding carboxylic acids is 1. The Morgan fingerprint density at radius 3 is 2.64 bits per heavy atom. The van der Waals surface area contributed by atoms with Gasteiger partial charge in [0.15, 0.2) is 5.78 Å². The Morgan fingerprint density at radius 1 is 1.06 bits per heavy atom. The molecule has 1 N–H and O–H groups in total. The third kappa shape index (κ3) is 4.33. The first-order chi connectivity index (χ1) is 17.4. The number of nitrogens with one attached hydrogen (secondary N) is 1. The van der Waals surface area contributed by atoms with Crippen molar-refractivity contribution < 1.29 is 9.53 Å². The van der Waals surface area contributed by atoms with Crippen LogP contribution in [0.3, 0.4) is 0 Å². The topological polar surface area (TPSA) is 57.7 Å². The number of benzene rings is 1. The van der Waals surface area contributed by atoms with Crippen LogP contribution in [0.1, 0.15) is 35.5 Å². The highest BCUT2D eigenvalue weighted by molar-refractivity contribution is 7.19. The molecule has 2 aliphatic heterocycles. The van der Waals surface area contributed by atoms with Crippen molar-refractivity contribution in [2.75, 3.05) is 56.2 Å². The second kappa shape index (κ2) is 9.29. The molecular weight excluding hydrogens is 468 g/mol. The van der Waals surface area contributed by atoms with Gasteiger partial charge >= 0.3 is 0 Å². The molecule has 7 heteroatoms. The summed E-state index contributed by atoms with van der Waals surface area (Å²) in [6.45, 7) is 9.63. The third-order valence-electron chi connectivity index (χ3n) is 7.68. The predicted octanol–water partition coefficient (Wildman–Crippen LogP) is 4.88. The standard InChI is InChI=1S/C29H34N4O2S/c1-29(2)15-23-26(28(32-9-11-35-12-10-32)36-27(23)25(34)16-29)20-7-8-31-24(14-20)19-5-4-6-22(13-19)33-17-21(18-33)30-3/h4-8,13-14,21,30H,9-12,15-18H2,1-3H3. The van der Waals surface area contributed by atoms with Crippen molar-refractivity contribution in [2.24, 2.45) is 5.41 Å². The first-order valence-electron chi connectivity index (χ1n) is 12.9. The lowest BCUT2D eigenvalue weighted by molar-refractivity contribution is 0.0918. The van der Waals surface area contributed by atoms with Crippen molar-refractivity contribution in [2.45, 2.75) is 32.7 Å². The Labute approximate surface area is 217 Å². The SMILES string of the molecule is CNC1CN(c2cccc(-c3cc(-c4c(N5CCOCC5)sc5c4CC(C)(C)CC5=O)ccn3)c2)C1. The zero-order chi connectivity index (χ0) is 24.9. The van der Waals surface area contributed by atoms with Crippen LogP contribution in [0.5, 0.6) is 0 Å². The molecule has 3 aromatic rings. The van der Waals surface area contributed by atoms with Crippen molar-refractivity contribution in [3.05, 3.63) is 53.0 Å². The number of pyridine rings is 1. The van der Waals surface area contributed by atoms with Gasteiger partial charge in [-0.05, 0) is 54.3 Å². The molecule has 0 atom stereocenters. The summed E-state index contributed by atoms with van der Waals surface area (Å²) in [5.41, 5.74) is 6.87. The number of likely N-dealkylation sites (N-methyl/N-ethyl adjacent to an activating group) is 1. The van der Waals surface area contributed by atoms with Crippen LogP contribution < -0.4 is 15.1 Å². The summed E-state index contributed by atoms with van der Waals surface area (Å²) in [4.78, 5) is 23.7. The Hall–Kier alpha value is -2.74. The monoisotopic (exact) mass is 502 g/mol. The van der Waals surface area contributed by atoms with E-state index < -0.39 is 0 Å². The molecule has 0 bridgehead atoms. The molecular formula is C29H34N4O2S. The van der Waals surface area contributed by atoms with E-state index >= 15 is 0 Å². The Morgan fingerprint density at radius 2 is 1.86 bits per heavy atom. The second-order valence-electron chi connectivity index (χ2n) is 11.0. The summed E-state index contributed by atoms with van der Waals surface area (Å²) in [5.74, 6) is 0.281. The third-order valence-corrected chi connectivity index (χ3v) is 9.01. The lowest BCUT2D eigenvalue weighted by Crippen LogP contribution is -2.57. The van der Waals surface area contributed by atoms with E-state index in [-0.39, 0.29) is 11.2 Å². The summed E-state index contributed by atoms with van der Waals surface area (Å²) in [6, 6.07) is 13.6. The smallest absolute Gasteiger partial charge is 0.173 e. The second-order valence-corrected chi connectivity index (χ2v) is 12.0. The van der Waals surface area contributed by atoms with Crippen LogP contribution in [-0.4, -0.2) is 63.2 Å². The quantitative estimate of drug-likeness (QED) is 0.537. The molecule has 3 aliphatic rings. The van der Waals surface area contributed by atoms with Crippen LogP contribution in [0, 0.1) is 5.41 Å². The van der Waals surface area contributed by atoms with Crippen LogP contribution >= 0.6 is 11.3 Å². The highest BCUT2D eigenvalue weighted by Gasteiger charge is 2.37. The van der Waals surface area contributed by atoms with Gasteiger partial charge in [0.1, 0.15) is 0 Å². The van der Waals surface area contributed by atoms with Crippen molar-refractivity contribution in [3.63, 3.8) is 0 Å². The van der Waals surface area contributed by atoms with Crippen molar-refractivity contribution in [1.29, 1.82) is 0 Å². The van der Waals surface area contributed by atoms with Gasteiger partial charge in [0.2, 0.25) is 0 Å². The summed E-state index contributed by atoms with van der Waals surface area (Å²) >= 11 is 1.68. The number of morpholine rings is 1. The van der Waals surface area contributed by atoms with Crippen LogP contribution in [0.4, 0.5) is 10.7 Å². The highest BCUT2D eigenvalue weighted by atomic mass is 32.1. The summed E-state index contributed by atoms with van der Waals surface area (Å²) in [5, 5.41) is 4.56. The minimum Gasteiger partial charge on any atom is -0.378 e. The fraction of sp³-hybridized carbons (Fsp3) is 0.448. The number of Topliss-reactive ketones (excluding diaryl/α,β-unsaturated/α-hetero) is 1. The van der Waals surface area contributed by atoms with E-state index in [0.717, 1.165) is 67.5 Å². The number of ketones is 1. The number of nitrogens with zero attached hydrogens (tertiary/aromatic N) is 3. The maximum atomic E-state index is 13.2. The summed E-state index contributed by atoms with van der Waals surface area (Å²) in [7, 11) is 2.02. The van der Waals surface area contributed by atoms with Gasteiger partial charge in [0.25, 0.3) is 0 Å². The number of fused-ring (bicyclic) bond motifs is 1. The molecule has 6 nitrogen and oxygen atoms in total. The van der Waals surface area contributed by atoms with Gasteiger partial charge in [-0.2, -0.15) is 0 Å². The number of carbonyl (C=O) groups is 1. The maximum absolute atomic E-state index is 13.2. The van der Waals surface area contributed by atoms with Gasteiger partial charge in [0, 0.05) is 61.7 Å². The zero-order valence-corrected chi connectivity index (χ0v) is 22.2. The van der Waals surface area contributed by atoms with E-state index in [2.05, 4.69) is 65.4 Å². The minimum absolute atomic E-state index is 0.0329. The molecule has 2 fully saturated rings. The summed E-state index contributed by atoms with van der Waals surface area (Å²) in [6.07, 6.45) is 3.45. The number of thiophene rings is 1. The molecule has 0 spiro atoms. The molecule has 0 radical (unpaired) electrons. The van der Waals surface area contributed by atoms with Crippen molar-refractivity contribution >= 4 is 27.8 Å². The lowest BCUT2D eigenvalue weighted by atomic mass is 9.75. The van der Waals surface area contributed by atoms with Crippen LogP contribution in [0.15, 0.2) is 42.6 Å². The summed E-state index contributed by atoms with van der Waals surface area (Å²) < 4.78 is 5.64. The van der Waals surface area contributed by atoms with E-state index in [4.69, 9.17) is 9.72 Å². The normalized spacial score (nSPS) is 19.8. The molecule has 188 valence electrons. The van der Waals surface area contributed by atoms with Gasteiger partial charge in [0.05, 0.1) is 28.8 Å². The molecule has 0 unspecified atom stereocenters. The average Bonchev–Trinajstić information content (AvgIpc) is 3.23. The Balaban J connectivity index is 1.41. The Kier molecular flexibility index (Phi) is 6.10. The van der Waals surface area contributed by atoms with Gasteiger partial charge in [-0.3, -0.25) is 9.78 Å². The highest BCUT2D eigenvalue weighted by Crippen LogP contribution is 2.49. The average molecular weight is 503 g/mol. The molecule has 2 aromatic heterocycles. The predicted molar refractivity (Wildman–Crippen MR) is 148 cm³/mol. The largest absolute Gasteiger partial charge is 0.378 e. The number of rotatable bonds is 5. The molecule has 1 aromatic carbocycles. The number of hydrogen-bond donors (Lipinski definition) is 1.